The molecule has 0 amide bonds. The number of thiol groups is 1. The fourth-order valence-corrected chi connectivity index (χ4v) is 3.03. The second-order valence-electron chi connectivity index (χ2n) is 5.67. The SMILES string of the molecule is Cc1nc(C)c(C(S)C2(O)CCN(C)CC2)nc1C. The van der Waals surface area contributed by atoms with Gasteiger partial charge in [-0.25, -0.2) is 0 Å². The summed E-state index contributed by atoms with van der Waals surface area (Å²) in [6, 6.07) is 0. The lowest BCUT2D eigenvalue weighted by Crippen LogP contribution is -2.45. The molecule has 0 radical (unpaired) electrons. The molecule has 1 aliphatic rings. The van der Waals surface area contributed by atoms with E-state index in [0.29, 0.717) is 0 Å². The van der Waals surface area contributed by atoms with Crippen LogP contribution in [0.2, 0.25) is 0 Å². The Balaban J connectivity index is 2.28. The molecule has 1 atom stereocenters. The van der Waals surface area contributed by atoms with Gasteiger partial charge in [-0.05, 0) is 40.7 Å². The summed E-state index contributed by atoms with van der Waals surface area (Å²) in [5.41, 5.74) is 2.76. The van der Waals surface area contributed by atoms with Crippen molar-refractivity contribution < 1.29 is 5.11 Å². The fourth-order valence-electron chi connectivity index (χ4n) is 2.52. The van der Waals surface area contributed by atoms with Crippen molar-refractivity contribution in [3.05, 3.63) is 22.8 Å². The Morgan fingerprint density at radius 3 is 2.21 bits per heavy atom. The van der Waals surface area contributed by atoms with Gasteiger partial charge in [0.1, 0.15) is 0 Å². The van der Waals surface area contributed by atoms with Gasteiger partial charge in [0.25, 0.3) is 0 Å². The lowest BCUT2D eigenvalue weighted by atomic mass is 9.86. The molecule has 2 rings (SSSR count). The summed E-state index contributed by atoms with van der Waals surface area (Å²) in [5, 5.41) is 10.6. The number of aliphatic hydroxyl groups is 1. The third-order valence-corrected chi connectivity index (χ3v) is 4.86. The standard InChI is InChI=1S/C14H23N3OS/c1-9-10(2)16-12(11(3)15-9)13(19)14(18)5-7-17(4)8-6-14/h13,18-19H,5-8H2,1-4H3. The predicted octanol–water partition coefficient (Wildman–Crippen LogP) is 1.83. The van der Waals surface area contributed by atoms with E-state index in [2.05, 4.69) is 34.5 Å². The Kier molecular flexibility index (Phi) is 4.18. The summed E-state index contributed by atoms with van der Waals surface area (Å²) in [6.45, 7) is 7.63. The van der Waals surface area contributed by atoms with Gasteiger partial charge >= 0.3 is 0 Å². The largest absolute Gasteiger partial charge is 0.388 e. The van der Waals surface area contributed by atoms with Gasteiger partial charge in [-0.15, -0.1) is 0 Å². The maximum absolute atomic E-state index is 10.8. The molecule has 19 heavy (non-hydrogen) atoms. The van der Waals surface area contributed by atoms with Crippen molar-refractivity contribution in [1.29, 1.82) is 0 Å². The third kappa shape index (κ3) is 2.93. The predicted molar refractivity (Wildman–Crippen MR) is 79.7 cm³/mol. The van der Waals surface area contributed by atoms with Crippen molar-refractivity contribution in [1.82, 2.24) is 14.9 Å². The van der Waals surface area contributed by atoms with Crippen LogP contribution in [0.25, 0.3) is 0 Å². The Labute approximate surface area is 120 Å². The molecule has 106 valence electrons. The van der Waals surface area contributed by atoms with Crippen LogP contribution in [0.1, 0.15) is 40.9 Å². The Hall–Kier alpha value is -0.650. The minimum atomic E-state index is -0.781. The molecule has 1 aliphatic heterocycles. The lowest BCUT2D eigenvalue weighted by molar-refractivity contribution is -0.0180. The van der Waals surface area contributed by atoms with E-state index in [1.807, 2.05) is 20.8 Å². The summed E-state index contributed by atoms with van der Waals surface area (Å²) < 4.78 is 0. The summed E-state index contributed by atoms with van der Waals surface area (Å²) in [6.07, 6.45) is 1.46. The molecule has 1 aromatic heterocycles. The molecule has 4 nitrogen and oxygen atoms in total. The van der Waals surface area contributed by atoms with Crippen molar-refractivity contribution in [2.75, 3.05) is 20.1 Å². The fraction of sp³-hybridized carbons (Fsp3) is 0.714. The first-order valence-corrected chi connectivity index (χ1v) is 7.26. The van der Waals surface area contributed by atoms with E-state index in [-0.39, 0.29) is 5.25 Å². The molecular weight excluding hydrogens is 258 g/mol. The first kappa shape index (κ1) is 14.8. The van der Waals surface area contributed by atoms with Crippen LogP contribution in [0, 0.1) is 20.8 Å². The quantitative estimate of drug-likeness (QED) is 0.812. The number of hydrogen-bond acceptors (Lipinski definition) is 5. The van der Waals surface area contributed by atoms with Crippen LogP contribution in [-0.4, -0.2) is 45.7 Å². The highest BCUT2D eigenvalue weighted by Gasteiger charge is 2.39. The van der Waals surface area contributed by atoms with Crippen molar-refractivity contribution >= 4 is 12.6 Å². The summed E-state index contributed by atoms with van der Waals surface area (Å²) in [5.74, 6) is 0. The average Bonchev–Trinajstić information content (AvgIpc) is 2.37. The number of nitrogens with zero attached hydrogens (tertiary/aromatic N) is 3. The molecule has 5 heteroatoms. The van der Waals surface area contributed by atoms with Crippen LogP contribution in [0.15, 0.2) is 0 Å². The molecule has 1 unspecified atom stereocenters. The minimum absolute atomic E-state index is 0.270. The Bertz CT molecular complexity index is 470. The van der Waals surface area contributed by atoms with E-state index < -0.39 is 5.60 Å². The van der Waals surface area contributed by atoms with E-state index in [9.17, 15) is 5.11 Å². The maximum atomic E-state index is 10.8. The van der Waals surface area contributed by atoms with Gasteiger partial charge in [-0.3, -0.25) is 9.97 Å². The van der Waals surface area contributed by atoms with Crippen LogP contribution >= 0.6 is 12.6 Å². The molecule has 1 fully saturated rings. The normalized spacial score (nSPS) is 21.4. The second kappa shape index (κ2) is 5.38. The number of hydrogen-bond donors (Lipinski definition) is 2. The zero-order valence-corrected chi connectivity index (χ0v) is 13.0. The van der Waals surface area contributed by atoms with Crippen LogP contribution < -0.4 is 0 Å². The number of piperidine rings is 1. The zero-order valence-electron chi connectivity index (χ0n) is 12.1. The van der Waals surface area contributed by atoms with Gasteiger partial charge in [-0.2, -0.15) is 12.6 Å². The van der Waals surface area contributed by atoms with E-state index in [0.717, 1.165) is 48.7 Å². The molecular formula is C14H23N3OS. The lowest BCUT2D eigenvalue weighted by Gasteiger charge is -2.40. The highest BCUT2D eigenvalue weighted by molar-refractivity contribution is 7.80. The van der Waals surface area contributed by atoms with Gasteiger partial charge < -0.3 is 10.0 Å². The average molecular weight is 281 g/mol. The number of aryl methyl sites for hydroxylation is 3. The smallest absolute Gasteiger partial charge is 0.0844 e. The second-order valence-corrected chi connectivity index (χ2v) is 6.19. The van der Waals surface area contributed by atoms with Crippen molar-refractivity contribution in [2.45, 2.75) is 44.5 Å². The first-order chi connectivity index (χ1) is 8.83. The summed E-state index contributed by atoms with van der Waals surface area (Å²) in [4.78, 5) is 11.3. The molecule has 1 N–H and O–H groups in total. The van der Waals surface area contributed by atoms with Gasteiger partial charge in [0, 0.05) is 13.1 Å². The van der Waals surface area contributed by atoms with E-state index in [1.165, 1.54) is 0 Å². The summed E-state index contributed by atoms with van der Waals surface area (Å²) >= 11 is 4.66. The highest BCUT2D eigenvalue weighted by Crippen LogP contribution is 2.39. The third-order valence-electron chi connectivity index (χ3n) is 4.14. The first-order valence-electron chi connectivity index (χ1n) is 6.74. The molecule has 2 heterocycles. The minimum Gasteiger partial charge on any atom is -0.388 e. The number of rotatable bonds is 2. The van der Waals surface area contributed by atoms with Crippen LogP contribution in [0.3, 0.4) is 0 Å². The summed E-state index contributed by atoms with van der Waals surface area (Å²) in [7, 11) is 2.08. The number of likely N-dealkylation sites (tertiary alicyclic amines) is 1. The Morgan fingerprint density at radius 2 is 1.63 bits per heavy atom. The zero-order chi connectivity index (χ0) is 14.2. The van der Waals surface area contributed by atoms with Crippen LogP contribution in [-0.2, 0) is 0 Å². The van der Waals surface area contributed by atoms with Gasteiger partial charge in [0.05, 0.1) is 33.6 Å². The maximum Gasteiger partial charge on any atom is 0.0844 e. The van der Waals surface area contributed by atoms with Crippen molar-refractivity contribution in [2.24, 2.45) is 0 Å². The molecule has 0 bridgehead atoms. The molecule has 0 aromatic carbocycles. The van der Waals surface area contributed by atoms with Crippen molar-refractivity contribution in [3.63, 3.8) is 0 Å². The van der Waals surface area contributed by atoms with Crippen LogP contribution in [0.5, 0.6) is 0 Å². The number of aromatic nitrogens is 2. The molecule has 0 aliphatic carbocycles. The van der Waals surface area contributed by atoms with E-state index in [4.69, 9.17) is 0 Å². The molecule has 1 aromatic rings. The topological polar surface area (TPSA) is 49.3 Å². The Morgan fingerprint density at radius 1 is 1.11 bits per heavy atom. The highest BCUT2D eigenvalue weighted by atomic mass is 32.1. The van der Waals surface area contributed by atoms with Crippen molar-refractivity contribution in [3.8, 4) is 0 Å². The molecule has 1 saturated heterocycles. The van der Waals surface area contributed by atoms with Gasteiger partial charge in [-0.1, -0.05) is 0 Å². The van der Waals surface area contributed by atoms with Gasteiger partial charge in [0.2, 0.25) is 0 Å². The van der Waals surface area contributed by atoms with Gasteiger partial charge in [0.15, 0.2) is 0 Å². The monoisotopic (exact) mass is 281 g/mol. The molecule has 0 saturated carbocycles. The van der Waals surface area contributed by atoms with E-state index in [1.54, 1.807) is 0 Å². The molecule has 0 spiro atoms. The van der Waals surface area contributed by atoms with E-state index >= 15 is 0 Å². The van der Waals surface area contributed by atoms with Crippen LogP contribution in [0.4, 0.5) is 0 Å².